The third kappa shape index (κ3) is 2.52. The van der Waals surface area contributed by atoms with Crippen LogP contribution in [-0.2, 0) is 10.2 Å². The fourth-order valence-corrected chi connectivity index (χ4v) is 2.37. The Morgan fingerprint density at radius 1 is 1.48 bits per heavy atom. The number of nitrogens with two attached hydrogens (primary N) is 1. The third-order valence-electron chi connectivity index (χ3n) is 3.84. The molecule has 112 valence electrons. The van der Waals surface area contributed by atoms with Crippen molar-refractivity contribution in [3.05, 3.63) is 30.2 Å². The van der Waals surface area contributed by atoms with E-state index >= 15 is 0 Å². The summed E-state index contributed by atoms with van der Waals surface area (Å²) in [4.78, 5) is 4.49. The van der Waals surface area contributed by atoms with Crippen LogP contribution < -0.4 is 10.5 Å². The molecular weight excluding hydrogens is 270 g/mol. The lowest BCUT2D eigenvalue weighted by Crippen LogP contribution is -2.42. The Balaban J connectivity index is 1.90. The van der Waals surface area contributed by atoms with Crippen molar-refractivity contribution in [2.45, 2.75) is 25.3 Å². The number of hydrogen-bond acceptors (Lipinski definition) is 6. The van der Waals surface area contributed by atoms with Gasteiger partial charge in [0.05, 0.1) is 25.2 Å². The summed E-state index contributed by atoms with van der Waals surface area (Å²) in [5.41, 5.74) is 6.51. The van der Waals surface area contributed by atoms with E-state index in [0.717, 1.165) is 11.3 Å². The van der Waals surface area contributed by atoms with Gasteiger partial charge in [-0.05, 0) is 26.0 Å². The molecule has 0 spiro atoms. The third-order valence-corrected chi connectivity index (χ3v) is 3.84. The number of rotatable bonds is 4. The van der Waals surface area contributed by atoms with Gasteiger partial charge in [-0.25, -0.2) is 0 Å². The van der Waals surface area contributed by atoms with Crippen molar-refractivity contribution in [3.63, 3.8) is 0 Å². The minimum atomic E-state index is -0.428. The van der Waals surface area contributed by atoms with Crippen molar-refractivity contribution in [1.82, 2.24) is 10.1 Å². The predicted molar refractivity (Wildman–Crippen MR) is 77.0 cm³/mol. The Morgan fingerprint density at radius 2 is 2.33 bits per heavy atom. The number of aromatic nitrogens is 2. The molecule has 21 heavy (non-hydrogen) atoms. The van der Waals surface area contributed by atoms with E-state index in [2.05, 4.69) is 10.1 Å². The van der Waals surface area contributed by atoms with Crippen LogP contribution in [0, 0.1) is 0 Å². The molecule has 6 nitrogen and oxygen atoms in total. The second-order valence-electron chi connectivity index (χ2n) is 5.42. The molecule has 2 unspecified atom stereocenters. The molecule has 2 atom stereocenters. The molecule has 2 heterocycles. The van der Waals surface area contributed by atoms with Crippen LogP contribution in [0.4, 0.5) is 0 Å². The molecule has 0 aliphatic carbocycles. The van der Waals surface area contributed by atoms with Crippen LogP contribution in [0.3, 0.4) is 0 Å². The summed E-state index contributed by atoms with van der Waals surface area (Å²) in [5.74, 6) is 1.84. The van der Waals surface area contributed by atoms with Gasteiger partial charge in [0.15, 0.2) is 0 Å². The first-order valence-electron chi connectivity index (χ1n) is 7.04. The van der Waals surface area contributed by atoms with E-state index in [9.17, 15) is 0 Å². The lowest BCUT2D eigenvalue weighted by atomic mass is 9.86. The lowest BCUT2D eigenvalue weighted by Gasteiger charge is -2.21. The average molecular weight is 289 g/mol. The molecule has 6 heteroatoms. The molecule has 1 aliphatic heterocycles. The maximum atomic E-state index is 6.08. The monoisotopic (exact) mass is 289 g/mol. The molecule has 1 aliphatic rings. The van der Waals surface area contributed by atoms with Gasteiger partial charge in [0.2, 0.25) is 11.7 Å². The van der Waals surface area contributed by atoms with Gasteiger partial charge in [-0.1, -0.05) is 17.3 Å². The van der Waals surface area contributed by atoms with Crippen molar-refractivity contribution in [2.24, 2.45) is 5.73 Å². The Hall–Kier alpha value is -1.92. The van der Waals surface area contributed by atoms with Gasteiger partial charge >= 0.3 is 0 Å². The van der Waals surface area contributed by atoms with Gasteiger partial charge in [-0.3, -0.25) is 0 Å². The smallest absolute Gasteiger partial charge is 0.236 e. The summed E-state index contributed by atoms with van der Waals surface area (Å²) in [6, 6.07) is 7.48. The lowest BCUT2D eigenvalue weighted by molar-refractivity contribution is 0.169. The van der Waals surface area contributed by atoms with Crippen LogP contribution in [0.2, 0.25) is 0 Å². The maximum absolute atomic E-state index is 6.08. The molecule has 0 amide bonds. The molecule has 0 saturated carbocycles. The summed E-state index contributed by atoms with van der Waals surface area (Å²) < 4.78 is 16.3. The molecule has 2 N–H and O–H groups in total. The van der Waals surface area contributed by atoms with Crippen LogP contribution in [0.15, 0.2) is 28.8 Å². The molecule has 0 radical (unpaired) electrons. The standard InChI is InChI=1S/C15H19N3O3/c1-3-20-11-6-4-5-10(7-11)13-17-14(21-18-13)15(2)9-19-8-12(15)16/h4-7,12H,3,8-9,16H2,1-2H3. The van der Waals surface area contributed by atoms with Crippen molar-refractivity contribution >= 4 is 0 Å². The Morgan fingerprint density at radius 3 is 3.05 bits per heavy atom. The van der Waals surface area contributed by atoms with E-state index in [1.54, 1.807) is 0 Å². The molecule has 0 bridgehead atoms. The number of ether oxygens (including phenoxy) is 2. The van der Waals surface area contributed by atoms with Crippen LogP contribution >= 0.6 is 0 Å². The van der Waals surface area contributed by atoms with E-state index in [1.165, 1.54) is 0 Å². The molecule has 3 rings (SSSR count). The fourth-order valence-electron chi connectivity index (χ4n) is 2.37. The van der Waals surface area contributed by atoms with Gasteiger partial charge in [0.25, 0.3) is 0 Å². The van der Waals surface area contributed by atoms with E-state index in [0.29, 0.717) is 31.5 Å². The number of benzene rings is 1. The minimum absolute atomic E-state index is 0.138. The molecule has 2 aromatic rings. The van der Waals surface area contributed by atoms with Crippen molar-refractivity contribution < 1.29 is 14.0 Å². The van der Waals surface area contributed by atoms with Crippen LogP contribution in [0.1, 0.15) is 19.7 Å². The van der Waals surface area contributed by atoms with Gasteiger partial charge in [-0.2, -0.15) is 4.98 Å². The summed E-state index contributed by atoms with van der Waals surface area (Å²) in [6.45, 7) is 5.55. The van der Waals surface area contributed by atoms with Crippen molar-refractivity contribution in [2.75, 3.05) is 19.8 Å². The molecule has 1 aromatic carbocycles. The highest BCUT2D eigenvalue weighted by Gasteiger charge is 2.44. The number of hydrogen-bond donors (Lipinski definition) is 1. The highest BCUT2D eigenvalue weighted by Crippen LogP contribution is 2.32. The van der Waals surface area contributed by atoms with Gasteiger partial charge in [-0.15, -0.1) is 0 Å². The van der Waals surface area contributed by atoms with Crippen molar-refractivity contribution in [1.29, 1.82) is 0 Å². The number of nitrogens with zero attached hydrogens (tertiary/aromatic N) is 2. The van der Waals surface area contributed by atoms with Gasteiger partial charge in [0, 0.05) is 11.6 Å². The van der Waals surface area contributed by atoms with E-state index in [-0.39, 0.29) is 6.04 Å². The zero-order valence-corrected chi connectivity index (χ0v) is 12.2. The first-order valence-corrected chi connectivity index (χ1v) is 7.04. The normalized spacial score (nSPS) is 25.2. The Bertz CT molecular complexity index is 628. The largest absolute Gasteiger partial charge is 0.494 e. The fraction of sp³-hybridized carbons (Fsp3) is 0.467. The van der Waals surface area contributed by atoms with E-state index in [1.807, 2.05) is 38.1 Å². The Labute approximate surface area is 123 Å². The summed E-state index contributed by atoms with van der Waals surface area (Å²) in [5, 5.41) is 4.06. The molecule has 1 fully saturated rings. The molecule has 1 aromatic heterocycles. The van der Waals surface area contributed by atoms with Crippen molar-refractivity contribution in [3.8, 4) is 17.1 Å². The van der Waals surface area contributed by atoms with E-state index in [4.69, 9.17) is 19.7 Å². The van der Waals surface area contributed by atoms with E-state index < -0.39 is 5.41 Å². The minimum Gasteiger partial charge on any atom is -0.494 e. The zero-order valence-electron chi connectivity index (χ0n) is 12.2. The second-order valence-corrected chi connectivity index (χ2v) is 5.42. The van der Waals surface area contributed by atoms with Gasteiger partial charge < -0.3 is 19.7 Å². The highest BCUT2D eigenvalue weighted by atomic mass is 16.5. The topological polar surface area (TPSA) is 83.4 Å². The maximum Gasteiger partial charge on any atom is 0.236 e. The quantitative estimate of drug-likeness (QED) is 0.923. The average Bonchev–Trinajstić information content (AvgIpc) is 3.09. The molecular formula is C15H19N3O3. The molecule has 1 saturated heterocycles. The summed E-state index contributed by atoms with van der Waals surface area (Å²) in [7, 11) is 0. The predicted octanol–water partition coefficient (Wildman–Crippen LogP) is 1.75. The Kier molecular flexibility index (Phi) is 3.65. The first kappa shape index (κ1) is 14.0. The second kappa shape index (κ2) is 5.46. The zero-order chi connectivity index (χ0) is 14.9. The summed E-state index contributed by atoms with van der Waals surface area (Å²) in [6.07, 6.45) is 0. The summed E-state index contributed by atoms with van der Waals surface area (Å²) >= 11 is 0. The van der Waals surface area contributed by atoms with Gasteiger partial charge in [0.1, 0.15) is 5.75 Å². The highest BCUT2D eigenvalue weighted by molar-refractivity contribution is 5.57. The van der Waals surface area contributed by atoms with Crippen LogP contribution in [0.5, 0.6) is 5.75 Å². The van der Waals surface area contributed by atoms with Crippen LogP contribution in [0.25, 0.3) is 11.4 Å². The SMILES string of the molecule is CCOc1cccc(-c2noc(C3(C)COCC3N)n2)c1. The van der Waals surface area contributed by atoms with Crippen LogP contribution in [-0.4, -0.2) is 36.0 Å². The first-order chi connectivity index (χ1) is 10.1.